The minimum Gasteiger partial charge on any atom is -0.359 e. The first kappa shape index (κ1) is 24.7. The maximum absolute atomic E-state index is 14.8. The maximum atomic E-state index is 14.8. The van der Waals surface area contributed by atoms with Gasteiger partial charge in [0.15, 0.2) is 11.6 Å². The van der Waals surface area contributed by atoms with E-state index < -0.39 is 17.6 Å². The van der Waals surface area contributed by atoms with Gasteiger partial charge in [0.1, 0.15) is 5.82 Å². The van der Waals surface area contributed by atoms with Crippen LogP contribution in [0.3, 0.4) is 0 Å². The lowest BCUT2D eigenvalue weighted by Gasteiger charge is -2.33. The summed E-state index contributed by atoms with van der Waals surface area (Å²) in [6.07, 6.45) is 0.287. The van der Waals surface area contributed by atoms with Gasteiger partial charge in [-0.3, -0.25) is 0 Å². The average molecular weight is 510 g/mol. The highest BCUT2D eigenvalue weighted by Crippen LogP contribution is 2.37. The Morgan fingerprint density at radius 1 is 1.05 bits per heavy atom. The number of hydrogen-bond donors (Lipinski definition) is 1. The number of nitrogens with one attached hydrogen (secondary N) is 1. The molecule has 5 rings (SSSR count). The van der Waals surface area contributed by atoms with Gasteiger partial charge in [0.2, 0.25) is 0 Å². The van der Waals surface area contributed by atoms with E-state index in [4.69, 9.17) is 0 Å². The third-order valence-electron chi connectivity index (χ3n) is 6.88. The van der Waals surface area contributed by atoms with Crippen LogP contribution >= 0.6 is 0 Å². The molecule has 1 fully saturated rings. The lowest BCUT2D eigenvalue weighted by Crippen LogP contribution is -2.34. The van der Waals surface area contributed by atoms with Crippen LogP contribution in [-0.2, 0) is 6.18 Å². The molecule has 0 unspecified atom stereocenters. The SMILES string of the molecule is C/C(=C1/CN(c2ncc(C(F)(F)F)cc2F)CC/C1=C/c1ccccc1C)c1ccc(F)c2[nH]ccc12. The van der Waals surface area contributed by atoms with Crippen LogP contribution in [0.2, 0.25) is 0 Å². The van der Waals surface area contributed by atoms with Crippen molar-refractivity contribution >= 4 is 28.4 Å². The lowest BCUT2D eigenvalue weighted by atomic mass is 9.88. The van der Waals surface area contributed by atoms with E-state index in [0.717, 1.165) is 38.8 Å². The van der Waals surface area contributed by atoms with Crippen LogP contribution < -0.4 is 4.90 Å². The predicted octanol–water partition coefficient (Wildman–Crippen LogP) is 7.94. The minimum atomic E-state index is -4.68. The largest absolute Gasteiger partial charge is 0.417 e. The Kier molecular flexibility index (Phi) is 6.35. The van der Waals surface area contributed by atoms with Gasteiger partial charge in [-0.25, -0.2) is 13.8 Å². The topological polar surface area (TPSA) is 31.9 Å². The molecule has 1 N–H and O–H groups in total. The summed E-state index contributed by atoms with van der Waals surface area (Å²) in [7, 11) is 0. The second kappa shape index (κ2) is 9.50. The summed E-state index contributed by atoms with van der Waals surface area (Å²) in [6, 6.07) is 13.4. The van der Waals surface area contributed by atoms with Crippen LogP contribution in [0.15, 0.2) is 72.1 Å². The van der Waals surface area contributed by atoms with Crippen molar-refractivity contribution in [2.24, 2.45) is 0 Å². The molecule has 1 aliphatic rings. The van der Waals surface area contributed by atoms with Gasteiger partial charge in [-0.2, -0.15) is 13.2 Å². The van der Waals surface area contributed by atoms with Gasteiger partial charge < -0.3 is 9.88 Å². The summed E-state index contributed by atoms with van der Waals surface area (Å²) in [6.45, 7) is 4.57. The number of pyridine rings is 1. The number of nitrogens with zero attached hydrogens (tertiary/aromatic N) is 2. The molecule has 2 aromatic carbocycles. The van der Waals surface area contributed by atoms with E-state index in [1.165, 1.54) is 6.07 Å². The fraction of sp³-hybridized carbons (Fsp3) is 0.207. The quantitative estimate of drug-likeness (QED) is 0.284. The fourth-order valence-electron chi connectivity index (χ4n) is 4.84. The van der Waals surface area contributed by atoms with Crippen LogP contribution in [0.1, 0.15) is 35.6 Å². The maximum Gasteiger partial charge on any atom is 0.417 e. The summed E-state index contributed by atoms with van der Waals surface area (Å²) in [5.74, 6) is -1.51. The van der Waals surface area contributed by atoms with Crippen molar-refractivity contribution in [3.8, 4) is 0 Å². The zero-order chi connectivity index (χ0) is 26.3. The summed E-state index contributed by atoms with van der Waals surface area (Å²) in [4.78, 5) is 8.43. The van der Waals surface area contributed by atoms with Crippen LogP contribution in [0.4, 0.5) is 27.8 Å². The zero-order valence-corrected chi connectivity index (χ0v) is 20.3. The van der Waals surface area contributed by atoms with Gasteiger partial charge in [-0.15, -0.1) is 0 Å². The number of benzene rings is 2. The first-order valence-corrected chi connectivity index (χ1v) is 11.8. The molecule has 8 heteroatoms. The molecular weight excluding hydrogens is 485 g/mol. The van der Waals surface area contributed by atoms with Gasteiger partial charge in [-0.1, -0.05) is 36.4 Å². The monoisotopic (exact) mass is 509 g/mol. The predicted molar refractivity (Wildman–Crippen MR) is 136 cm³/mol. The van der Waals surface area contributed by atoms with Crippen molar-refractivity contribution in [1.29, 1.82) is 0 Å². The highest BCUT2D eigenvalue weighted by molar-refractivity contribution is 5.94. The Hall–Kier alpha value is -3.94. The van der Waals surface area contributed by atoms with Crippen LogP contribution in [-0.4, -0.2) is 23.1 Å². The van der Waals surface area contributed by atoms with E-state index in [1.807, 2.05) is 38.1 Å². The van der Waals surface area contributed by atoms with Gasteiger partial charge in [-0.05, 0) is 71.9 Å². The highest BCUT2D eigenvalue weighted by atomic mass is 19.4. The van der Waals surface area contributed by atoms with E-state index in [0.29, 0.717) is 30.7 Å². The molecule has 3 nitrogen and oxygen atoms in total. The second-order valence-electron chi connectivity index (χ2n) is 9.19. The van der Waals surface area contributed by atoms with Crippen molar-refractivity contribution in [3.05, 3.63) is 106 Å². The molecule has 37 heavy (non-hydrogen) atoms. The zero-order valence-electron chi connectivity index (χ0n) is 20.3. The standard InChI is InChI=1S/C29H24F5N3/c1-17-5-3-4-6-19(17)13-20-10-12-37(28-26(31)14-21(15-36-28)29(32,33)34)16-24(20)18(2)22-7-8-25(30)27-23(22)9-11-35-27/h3-9,11,13-15,35H,10,12,16H2,1-2H3/b20-13-,24-18+. The molecule has 3 heterocycles. The smallest absolute Gasteiger partial charge is 0.359 e. The number of piperidine rings is 1. The van der Waals surface area contributed by atoms with Gasteiger partial charge in [0, 0.05) is 30.9 Å². The van der Waals surface area contributed by atoms with Crippen molar-refractivity contribution in [1.82, 2.24) is 9.97 Å². The number of aromatic nitrogens is 2. The normalized spacial score (nSPS) is 17.1. The fourth-order valence-corrected chi connectivity index (χ4v) is 4.84. The highest BCUT2D eigenvalue weighted by Gasteiger charge is 2.33. The molecule has 2 aromatic heterocycles. The van der Waals surface area contributed by atoms with Gasteiger partial charge in [0.25, 0.3) is 0 Å². The number of hydrogen-bond acceptors (Lipinski definition) is 2. The van der Waals surface area contributed by atoms with E-state index >= 15 is 0 Å². The van der Waals surface area contributed by atoms with E-state index in [-0.39, 0.29) is 18.2 Å². The molecule has 1 aliphatic heterocycles. The van der Waals surface area contributed by atoms with Crippen LogP contribution in [0, 0.1) is 18.6 Å². The molecule has 0 aliphatic carbocycles. The number of allylic oxidation sites excluding steroid dienone is 1. The number of halogens is 5. The summed E-state index contributed by atoms with van der Waals surface area (Å²) in [5.41, 5.74) is 5.03. The van der Waals surface area contributed by atoms with E-state index in [2.05, 4.69) is 16.0 Å². The number of H-pyrrole nitrogens is 1. The van der Waals surface area contributed by atoms with Gasteiger partial charge in [0.05, 0.1) is 11.1 Å². The van der Waals surface area contributed by atoms with Crippen LogP contribution in [0.5, 0.6) is 0 Å². The molecule has 0 bridgehead atoms. The molecule has 190 valence electrons. The lowest BCUT2D eigenvalue weighted by molar-refractivity contribution is -0.138. The third-order valence-corrected chi connectivity index (χ3v) is 6.88. The molecular formula is C29H24F5N3. The van der Waals surface area contributed by atoms with Crippen molar-refractivity contribution < 1.29 is 22.0 Å². The Labute approximate surface area is 211 Å². The Morgan fingerprint density at radius 3 is 2.57 bits per heavy atom. The van der Waals surface area contributed by atoms with Crippen molar-refractivity contribution in [3.63, 3.8) is 0 Å². The number of aromatic amines is 1. The molecule has 0 saturated carbocycles. The van der Waals surface area contributed by atoms with Crippen LogP contribution in [0.25, 0.3) is 22.6 Å². The number of fused-ring (bicyclic) bond motifs is 1. The molecule has 0 spiro atoms. The number of aryl methyl sites for hydroxylation is 1. The number of alkyl halides is 3. The molecule has 0 atom stereocenters. The van der Waals surface area contributed by atoms with E-state index in [9.17, 15) is 22.0 Å². The first-order chi connectivity index (χ1) is 17.6. The first-order valence-electron chi connectivity index (χ1n) is 11.8. The molecule has 0 radical (unpaired) electrons. The number of anilines is 1. The van der Waals surface area contributed by atoms with Gasteiger partial charge >= 0.3 is 6.18 Å². The Balaban J connectivity index is 1.62. The van der Waals surface area contributed by atoms with E-state index in [1.54, 1.807) is 23.2 Å². The van der Waals surface area contributed by atoms with Crippen molar-refractivity contribution in [2.75, 3.05) is 18.0 Å². The molecule has 0 amide bonds. The average Bonchev–Trinajstić information content (AvgIpc) is 3.36. The van der Waals surface area contributed by atoms with Crippen molar-refractivity contribution in [2.45, 2.75) is 26.4 Å². The summed E-state index contributed by atoms with van der Waals surface area (Å²) >= 11 is 0. The summed E-state index contributed by atoms with van der Waals surface area (Å²) in [5, 5.41) is 0.719. The number of rotatable bonds is 3. The second-order valence-corrected chi connectivity index (χ2v) is 9.19. The minimum absolute atomic E-state index is 0.126. The Bertz CT molecular complexity index is 1540. The Morgan fingerprint density at radius 2 is 1.84 bits per heavy atom. The summed E-state index contributed by atoms with van der Waals surface area (Å²) < 4.78 is 68.4. The molecule has 1 saturated heterocycles. The third kappa shape index (κ3) is 4.75. The molecule has 4 aromatic rings.